The van der Waals surface area contributed by atoms with Crippen molar-refractivity contribution >= 4 is 5.69 Å². The first-order chi connectivity index (χ1) is 12.2. The van der Waals surface area contributed by atoms with Gasteiger partial charge in [-0.1, -0.05) is 31.2 Å². The molecule has 2 aliphatic rings. The van der Waals surface area contributed by atoms with E-state index < -0.39 is 5.75 Å². The minimum atomic E-state index is -0.401. The molecule has 5 heteroatoms. The van der Waals surface area contributed by atoms with Crippen LogP contribution < -0.4 is 0 Å². The number of aromatic hydroxyl groups is 2. The highest BCUT2D eigenvalue weighted by Gasteiger charge is 2.40. The number of nitrogens with zero attached hydrogens (tertiary/aromatic N) is 2. The van der Waals surface area contributed by atoms with Gasteiger partial charge in [-0.25, -0.2) is 0 Å². The molecule has 0 saturated carbocycles. The van der Waals surface area contributed by atoms with E-state index in [0.29, 0.717) is 12.5 Å². The van der Waals surface area contributed by atoms with Crippen molar-refractivity contribution < 1.29 is 10.2 Å². The van der Waals surface area contributed by atoms with Crippen LogP contribution in [0.3, 0.4) is 0 Å². The number of hydrogen-bond acceptors (Lipinski definition) is 5. The van der Waals surface area contributed by atoms with E-state index in [-0.39, 0.29) is 17.4 Å². The maximum absolute atomic E-state index is 11.3. The third-order valence-electron chi connectivity index (χ3n) is 5.64. The molecule has 130 valence electrons. The zero-order chi connectivity index (χ0) is 17.6. The van der Waals surface area contributed by atoms with E-state index in [1.54, 1.807) is 6.07 Å². The van der Waals surface area contributed by atoms with Gasteiger partial charge in [-0.15, -0.1) is 4.91 Å². The molecular formula is C20H22N2O3. The summed E-state index contributed by atoms with van der Waals surface area (Å²) in [5.41, 5.74) is 4.24. The average Bonchev–Trinajstić information content (AvgIpc) is 2.63. The van der Waals surface area contributed by atoms with Crippen molar-refractivity contribution in [3.63, 3.8) is 0 Å². The van der Waals surface area contributed by atoms with Crippen molar-refractivity contribution in [2.75, 3.05) is 6.54 Å². The average molecular weight is 338 g/mol. The first kappa shape index (κ1) is 16.1. The largest absolute Gasteiger partial charge is 0.504 e. The lowest BCUT2D eigenvalue weighted by Crippen LogP contribution is -2.46. The summed E-state index contributed by atoms with van der Waals surface area (Å²) in [6.45, 7) is 4.14. The molecule has 1 heterocycles. The Bertz CT molecular complexity index is 834. The molecule has 4 rings (SSSR count). The predicted octanol–water partition coefficient (Wildman–Crippen LogP) is 4.17. The van der Waals surface area contributed by atoms with Crippen LogP contribution in [0.4, 0.5) is 5.69 Å². The van der Waals surface area contributed by atoms with Crippen LogP contribution in [0.2, 0.25) is 0 Å². The first-order valence-electron chi connectivity index (χ1n) is 8.88. The molecule has 0 aromatic heterocycles. The van der Waals surface area contributed by atoms with Crippen LogP contribution in [0.25, 0.3) is 0 Å². The van der Waals surface area contributed by atoms with Gasteiger partial charge in [-0.05, 0) is 59.3 Å². The maximum atomic E-state index is 11.3. The van der Waals surface area contributed by atoms with Gasteiger partial charge in [0.2, 0.25) is 0 Å². The summed E-state index contributed by atoms with van der Waals surface area (Å²) in [5, 5.41) is 23.2. The van der Waals surface area contributed by atoms with Crippen LogP contribution in [0.15, 0.2) is 35.5 Å². The van der Waals surface area contributed by atoms with Crippen LogP contribution in [0.5, 0.6) is 11.5 Å². The lowest BCUT2D eigenvalue weighted by atomic mass is 9.71. The molecular weight excluding hydrogens is 316 g/mol. The summed E-state index contributed by atoms with van der Waals surface area (Å²) in [6, 6.07) is 10.4. The Morgan fingerprint density at radius 2 is 2.04 bits per heavy atom. The van der Waals surface area contributed by atoms with E-state index >= 15 is 0 Å². The predicted molar refractivity (Wildman–Crippen MR) is 96.3 cm³/mol. The number of rotatable bonds is 3. The Morgan fingerprint density at radius 3 is 2.80 bits per heavy atom. The molecule has 0 fully saturated rings. The van der Waals surface area contributed by atoms with E-state index in [1.165, 1.54) is 11.1 Å². The zero-order valence-electron chi connectivity index (χ0n) is 14.3. The molecule has 0 saturated heterocycles. The fraction of sp³-hybridized carbons (Fsp3) is 0.400. The molecule has 2 N–H and O–H groups in total. The highest BCUT2D eigenvalue weighted by Crippen LogP contribution is 2.51. The molecule has 2 atom stereocenters. The van der Waals surface area contributed by atoms with Crippen LogP contribution in [0, 0.1) is 4.91 Å². The van der Waals surface area contributed by atoms with Crippen molar-refractivity contribution in [3.05, 3.63) is 57.5 Å². The Kier molecular flexibility index (Phi) is 3.96. The lowest BCUT2D eigenvalue weighted by molar-refractivity contribution is 0.141. The minimum absolute atomic E-state index is 0.00135. The Balaban J connectivity index is 1.93. The molecule has 1 unspecified atom stereocenters. The molecule has 2 aromatic carbocycles. The number of phenols is 2. The third-order valence-corrected chi connectivity index (χ3v) is 5.64. The SMILES string of the molecule is CCCN1Cc2ccccc2C2c3cc(O)c(O)c(N=O)c3CC[C@@H]21. The van der Waals surface area contributed by atoms with Gasteiger partial charge in [0.1, 0.15) is 0 Å². The maximum Gasteiger partial charge on any atom is 0.187 e. The summed E-state index contributed by atoms with van der Waals surface area (Å²) in [5.74, 6) is -0.576. The lowest BCUT2D eigenvalue weighted by Gasteiger charge is -2.46. The second-order valence-electron chi connectivity index (χ2n) is 7.00. The van der Waals surface area contributed by atoms with Crippen molar-refractivity contribution in [2.24, 2.45) is 5.18 Å². The smallest absolute Gasteiger partial charge is 0.187 e. The van der Waals surface area contributed by atoms with Crippen LogP contribution in [-0.4, -0.2) is 27.7 Å². The molecule has 0 radical (unpaired) electrons. The van der Waals surface area contributed by atoms with Gasteiger partial charge in [0.15, 0.2) is 17.2 Å². The van der Waals surface area contributed by atoms with Crippen molar-refractivity contribution in [3.8, 4) is 11.5 Å². The number of hydrogen-bond donors (Lipinski definition) is 2. The van der Waals surface area contributed by atoms with Crippen LogP contribution in [0.1, 0.15) is 47.9 Å². The number of fused-ring (bicyclic) bond motifs is 5. The summed E-state index contributed by atoms with van der Waals surface area (Å²) in [7, 11) is 0. The molecule has 1 aliphatic carbocycles. The Labute approximate surface area is 146 Å². The van der Waals surface area contributed by atoms with Crippen LogP contribution >= 0.6 is 0 Å². The first-order valence-corrected chi connectivity index (χ1v) is 8.88. The molecule has 1 aliphatic heterocycles. The minimum Gasteiger partial charge on any atom is -0.504 e. The van der Waals surface area contributed by atoms with Crippen LogP contribution in [-0.2, 0) is 13.0 Å². The van der Waals surface area contributed by atoms with E-state index in [4.69, 9.17) is 0 Å². The van der Waals surface area contributed by atoms with Gasteiger partial charge in [0.05, 0.1) is 0 Å². The molecule has 5 nitrogen and oxygen atoms in total. The molecule has 25 heavy (non-hydrogen) atoms. The van der Waals surface area contributed by atoms with Gasteiger partial charge >= 0.3 is 0 Å². The highest BCUT2D eigenvalue weighted by molar-refractivity contribution is 5.68. The fourth-order valence-corrected chi connectivity index (χ4v) is 4.63. The standard InChI is InChI=1S/C20H22N2O3/c1-2-9-22-11-12-5-3-4-6-13(12)18-15-10-17(23)20(24)19(21-25)14(15)7-8-16(18)22/h3-6,10,16,18,23-24H,2,7-9,11H2,1H3/t16-,18?/m0/s1. The molecule has 0 spiro atoms. The summed E-state index contributed by atoms with van der Waals surface area (Å²) < 4.78 is 0. The third kappa shape index (κ3) is 2.42. The van der Waals surface area contributed by atoms with Gasteiger partial charge < -0.3 is 10.2 Å². The summed E-state index contributed by atoms with van der Waals surface area (Å²) in [4.78, 5) is 13.8. The zero-order valence-corrected chi connectivity index (χ0v) is 14.3. The molecule has 0 amide bonds. The number of benzene rings is 2. The number of phenolic OH excluding ortho intramolecular Hbond substituents is 2. The monoisotopic (exact) mass is 338 g/mol. The van der Waals surface area contributed by atoms with E-state index in [0.717, 1.165) is 37.1 Å². The van der Waals surface area contributed by atoms with Gasteiger partial charge in [-0.3, -0.25) is 4.90 Å². The Morgan fingerprint density at radius 1 is 1.24 bits per heavy atom. The van der Waals surface area contributed by atoms with E-state index in [1.807, 2.05) is 6.07 Å². The topological polar surface area (TPSA) is 73.1 Å². The highest BCUT2D eigenvalue weighted by atomic mass is 16.3. The second kappa shape index (κ2) is 6.15. The fourth-order valence-electron chi connectivity index (χ4n) is 4.63. The van der Waals surface area contributed by atoms with E-state index in [9.17, 15) is 15.1 Å². The summed E-state index contributed by atoms with van der Waals surface area (Å²) in [6.07, 6.45) is 2.69. The van der Waals surface area contributed by atoms with E-state index in [2.05, 4.69) is 35.2 Å². The second-order valence-corrected chi connectivity index (χ2v) is 7.00. The number of nitroso groups, excluding NO2 is 1. The van der Waals surface area contributed by atoms with Gasteiger partial charge in [0, 0.05) is 18.5 Å². The van der Waals surface area contributed by atoms with Crippen molar-refractivity contribution in [2.45, 2.75) is 44.7 Å². The molecule has 2 aromatic rings. The molecule has 0 bridgehead atoms. The summed E-state index contributed by atoms with van der Waals surface area (Å²) >= 11 is 0. The van der Waals surface area contributed by atoms with Gasteiger partial charge in [-0.2, -0.15) is 0 Å². The normalized spacial score (nSPS) is 22.0. The van der Waals surface area contributed by atoms with Crippen molar-refractivity contribution in [1.82, 2.24) is 4.90 Å². The van der Waals surface area contributed by atoms with Crippen molar-refractivity contribution in [1.29, 1.82) is 0 Å². The van der Waals surface area contributed by atoms with Gasteiger partial charge in [0.25, 0.3) is 0 Å². The quantitative estimate of drug-likeness (QED) is 0.651. The Hall–Kier alpha value is -2.40.